The molecule has 3 aromatic rings. The summed E-state index contributed by atoms with van der Waals surface area (Å²) < 4.78 is 21.0. The fraction of sp³-hybridized carbons (Fsp3) is 0.250. The maximum absolute atomic E-state index is 13.0. The molecule has 0 aliphatic carbocycles. The van der Waals surface area contributed by atoms with Crippen molar-refractivity contribution in [3.63, 3.8) is 0 Å². The van der Waals surface area contributed by atoms with Crippen LogP contribution in [0.2, 0.25) is 0 Å². The van der Waals surface area contributed by atoms with Gasteiger partial charge in [0.25, 0.3) is 0 Å². The Morgan fingerprint density at radius 3 is 2.78 bits per heavy atom. The third kappa shape index (κ3) is 3.50. The second-order valence-corrected chi connectivity index (χ2v) is 5.52. The van der Waals surface area contributed by atoms with Crippen molar-refractivity contribution in [2.75, 3.05) is 5.43 Å². The molecular weight excluding hydrogens is 315 g/mol. The molecule has 0 amide bonds. The summed E-state index contributed by atoms with van der Waals surface area (Å²) in [7, 11) is 0. The van der Waals surface area contributed by atoms with Crippen LogP contribution >= 0.6 is 12.2 Å². The molecule has 0 fully saturated rings. The molecule has 2 heterocycles. The highest BCUT2D eigenvalue weighted by Crippen LogP contribution is 2.22. The third-order valence-electron chi connectivity index (χ3n) is 3.42. The van der Waals surface area contributed by atoms with Crippen molar-refractivity contribution in [1.82, 2.24) is 14.9 Å². The lowest BCUT2D eigenvalue weighted by Crippen LogP contribution is -2.17. The van der Waals surface area contributed by atoms with Crippen LogP contribution in [0, 0.1) is 10.6 Å². The van der Waals surface area contributed by atoms with Crippen LogP contribution in [0.15, 0.2) is 40.8 Å². The van der Waals surface area contributed by atoms with E-state index < -0.39 is 0 Å². The van der Waals surface area contributed by atoms with Gasteiger partial charge in [0.15, 0.2) is 5.82 Å². The SMILES string of the molecule is CCCc1n[nH]c(=S)n1NCc1ccc(-c2ccc(F)cc2)o1. The Morgan fingerprint density at radius 1 is 1.26 bits per heavy atom. The summed E-state index contributed by atoms with van der Waals surface area (Å²) in [6, 6.07) is 9.96. The zero-order chi connectivity index (χ0) is 16.2. The van der Waals surface area contributed by atoms with Crippen molar-refractivity contribution in [1.29, 1.82) is 0 Å². The summed E-state index contributed by atoms with van der Waals surface area (Å²) in [4.78, 5) is 0. The molecule has 0 bridgehead atoms. The van der Waals surface area contributed by atoms with E-state index in [-0.39, 0.29) is 5.82 Å². The molecule has 0 aliphatic heterocycles. The van der Waals surface area contributed by atoms with E-state index in [0.29, 0.717) is 17.1 Å². The van der Waals surface area contributed by atoms with Gasteiger partial charge in [-0.2, -0.15) is 5.10 Å². The summed E-state index contributed by atoms with van der Waals surface area (Å²) in [5.41, 5.74) is 4.04. The number of H-pyrrole nitrogens is 1. The molecule has 5 nitrogen and oxygen atoms in total. The van der Waals surface area contributed by atoms with E-state index in [1.54, 1.807) is 16.8 Å². The van der Waals surface area contributed by atoms with E-state index in [4.69, 9.17) is 16.6 Å². The van der Waals surface area contributed by atoms with Gasteiger partial charge in [-0.3, -0.25) is 5.10 Å². The Bertz CT molecular complexity index is 834. The number of hydrogen-bond acceptors (Lipinski definition) is 4. The lowest BCUT2D eigenvalue weighted by molar-refractivity contribution is 0.520. The first kappa shape index (κ1) is 15.5. The molecule has 0 spiro atoms. The van der Waals surface area contributed by atoms with Crippen LogP contribution in [-0.4, -0.2) is 14.9 Å². The maximum atomic E-state index is 13.0. The molecule has 0 radical (unpaired) electrons. The van der Waals surface area contributed by atoms with Gasteiger partial charge in [-0.15, -0.1) is 0 Å². The molecular formula is C16H17FN4OS. The minimum atomic E-state index is -0.264. The van der Waals surface area contributed by atoms with Gasteiger partial charge in [-0.1, -0.05) is 6.92 Å². The number of aromatic nitrogens is 3. The number of rotatable bonds is 6. The van der Waals surface area contributed by atoms with Gasteiger partial charge < -0.3 is 9.84 Å². The second-order valence-electron chi connectivity index (χ2n) is 5.14. The zero-order valence-electron chi connectivity index (χ0n) is 12.7. The summed E-state index contributed by atoms with van der Waals surface area (Å²) in [6.45, 7) is 2.56. The standard InChI is InChI=1S/C16H17FN4OS/c1-2-3-15-19-20-16(23)21(15)18-10-13-8-9-14(22-13)11-4-6-12(17)7-5-11/h4-9,18H,2-3,10H2,1H3,(H,20,23). The normalized spacial score (nSPS) is 10.9. The zero-order valence-corrected chi connectivity index (χ0v) is 13.5. The maximum Gasteiger partial charge on any atom is 0.214 e. The Morgan fingerprint density at radius 2 is 2.04 bits per heavy atom. The molecule has 3 rings (SSSR count). The summed E-state index contributed by atoms with van der Waals surface area (Å²) in [5, 5.41) is 6.98. The van der Waals surface area contributed by atoms with Gasteiger partial charge in [-0.25, -0.2) is 9.07 Å². The van der Waals surface area contributed by atoms with Crippen molar-refractivity contribution in [3.05, 3.63) is 58.6 Å². The first-order valence-electron chi connectivity index (χ1n) is 7.42. The van der Waals surface area contributed by atoms with E-state index in [1.807, 2.05) is 12.1 Å². The predicted molar refractivity (Wildman–Crippen MR) is 88.6 cm³/mol. The molecule has 2 aromatic heterocycles. The molecule has 0 saturated carbocycles. The Labute approximate surface area is 138 Å². The van der Waals surface area contributed by atoms with Gasteiger partial charge >= 0.3 is 0 Å². The number of furan rings is 1. The van der Waals surface area contributed by atoms with Crippen LogP contribution in [-0.2, 0) is 13.0 Å². The first-order valence-corrected chi connectivity index (χ1v) is 7.83. The average molecular weight is 332 g/mol. The van der Waals surface area contributed by atoms with Gasteiger partial charge in [0.05, 0.1) is 6.54 Å². The average Bonchev–Trinajstić information content (AvgIpc) is 3.14. The number of halogens is 1. The van der Waals surface area contributed by atoms with Crippen LogP contribution < -0.4 is 5.43 Å². The first-order chi connectivity index (χ1) is 11.2. The van der Waals surface area contributed by atoms with Gasteiger partial charge in [0.1, 0.15) is 17.3 Å². The van der Waals surface area contributed by atoms with Gasteiger partial charge in [-0.05, 0) is 55.0 Å². The molecule has 0 atom stereocenters. The van der Waals surface area contributed by atoms with Crippen molar-refractivity contribution < 1.29 is 8.81 Å². The van der Waals surface area contributed by atoms with E-state index in [9.17, 15) is 4.39 Å². The van der Waals surface area contributed by atoms with Crippen molar-refractivity contribution in [2.45, 2.75) is 26.3 Å². The Balaban J connectivity index is 1.71. The lowest BCUT2D eigenvalue weighted by Gasteiger charge is -2.07. The number of aryl methyl sites for hydroxylation is 1. The van der Waals surface area contributed by atoms with Crippen LogP contribution in [0.25, 0.3) is 11.3 Å². The molecule has 0 aliphatic rings. The number of benzene rings is 1. The number of aromatic amines is 1. The van der Waals surface area contributed by atoms with E-state index >= 15 is 0 Å². The lowest BCUT2D eigenvalue weighted by atomic mass is 10.2. The summed E-state index contributed by atoms with van der Waals surface area (Å²) >= 11 is 5.21. The topological polar surface area (TPSA) is 58.8 Å². The molecule has 7 heteroatoms. The molecule has 120 valence electrons. The monoisotopic (exact) mass is 332 g/mol. The van der Waals surface area contributed by atoms with Crippen molar-refractivity contribution >= 4 is 12.2 Å². The quantitative estimate of drug-likeness (QED) is 0.669. The molecule has 2 N–H and O–H groups in total. The van der Waals surface area contributed by atoms with E-state index in [1.165, 1.54) is 12.1 Å². The van der Waals surface area contributed by atoms with Crippen LogP contribution in [0.5, 0.6) is 0 Å². The van der Waals surface area contributed by atoms with Crippen molar-refractivity contribution in [3.8, 4) is 11.3 Å². The van der Waals surface area contributed by atoms with Gasteiger partial charge in [0.2, 0.25) is 4.77 Å². The van der Waals surface area contributed by atoms with E-state index in [0.717, 1.165) is 30.0 Å². The predicted octanol–water partition coefficient (Wildman–Crippen LogP) is 4.04. The minimum Gasteiger partial charge on any atom is -0.459 e. The van der Waals surface area contributed by atoms with Crippen LogP contribution in [0.1, 0.15) is 24.9 Å². The fourth-order valence-corrected chi connectivity index (χ4v) is 2.50. The number of nitrogens with one attached hydrogen (secondary N) is 2. The smallest absolute Gasteiger partial charge is 0.214 e. The van der Waals surface area contributed by atoms with Crippen LogP contribution in [0.3, 0.4) is 0 Å². The highest BCUT2D eigenvalue weighted by atomic mass is 32.1. The number of hydrogen-bond donors (Lipinski definition) is 2. The van der Waals surface area contributed by atoms with Gasteiger partial charge in [0, 0.05) is 12.0 Å². The third-order valence-corrected chi connectivity index (χ3v) is 3.69. The fourth-order valence-electron chi connectivity index (χ4n) is 2.28. The summed E-state index contributed by atoms with van der Waals surface area (Å²) in [5.74, 6) is 2.06. The van der Waals surface area contributed by atoms with Crippen molar-refractivity contribution in [2.24, 2.45) is 0 Å². The largest absolute Gasteiger partial charge is 0.459 e. The highest BCUT2D eigenvalue weighted by Gasteiger charge is 2.08. The Kier molecular flexibility index (Phi) is 4.57. The Hall–Kier alpha value is -2.41. The molecule has 1 aromatic carbocycles. The van der Waals surface area contributed by atoms with Crippen LogP contribution in [0.4, 0.5) is 4.39 Å². The minimum absolute atomic E-state index is 0.264. The molecule has 23 heavy (non-hydrogen) atoms. The van der Waals surface area contributed by atoms with E-state index in [2.05, 4.69) is 22.5 Å². The number of nitrogens with zero attached hydrogens (tertiary/aromatic N) is 2. The summed E-state index contributed by atoms with van der Waals surface area (Å²) in [6.07, 6.45) is 1.82. The molecule has 0 saturated heterocycles. The molecule has 0 unspecified atom stereocenters. The highest BCUT2D eigenvalue weighted by molar-refractivity contribution is 7.71. The second kappa shape index (κ2) is 6.78.